The summed E-state index contributed by atoms with van der Waals surface area (Å²) >= 11 is 6.49. The molecule has 0 amide bonds. The lowest BCUT2D eigenvalue weighted by atomic mass is 10.2. The van der Waals surface area contributed by atoms with Crippen molar-refractivity contribution in [3.05, 3.63) is 30.5 Å². The molecule has 0 saturated carbocycles. The average molecular weight is 263 g/mol. The zero-order valence-electron chi connectivity index (χ0n) is 10.0. The van der Waals surface area contributed by atoms with Crippen LogP contribution in [0.25, 0.3) is 10.9 Å². The van der Waals surface area contributed by atoms with Crippen molar-refractivity contribution in [2.45, 2.75) is 36.0 Å². The van der Waals surface area contributed by atoms with E-state index in [0.717, 1.165) is 15.8 Å². The summed E-state index contributed by atoms with van der Waals surface area (Å²) < 4.78 is 0. The van der Waals surface area contributed by atoms with Crippen molar-refractivity contribution in [2.75, 3.05) is 5.75 Å². The highest BCUT2D eigenvalue weighted by molar-refractivity contribution is 7.99. The third-order valence-electron chi connectivity index (χ3n) is 2.72. The highest BCUT2D eigenvalue weighted by Gasteiger charge is 2.05. The Bertz CT molecular complexity index is 497. The Morgan fingerprint density at radius 3 is 2.94 bits per heavy atom. The monoisotopic (exact) mass is 263 g/mol. The van der Waals surface area contributed by atoms with Crippen LogP contribution in [0.15, 0.2) is 40.3 Å². The molecule has 0 atom stereocenters. The molecule has 1 nitrogen and oxygen atoms in total. The number of fused-ring (bicyclic) bond motifs is 1. The van der Waals surface area contributed by atoms with Crippen LogP contribution in [0.3, 0.4) is 0 Å². The van der Waals surface area contributed by atoms with Gasteiger partial charge in [-0.2, -0.15) is 0 Å². The number of thiol groups is 1. The van der Waals surface area contributed by atoms with Crippen LogP contribution in [0.4, 0.5) is 0 Å². The molecule has 2 rings (SSSR count). The molecule has 1 heterocycles. The number of rotatable bonds is 5. The lowest BCUT2D eigenvalue weighted by Gasteiger charge is -2.07. The molecular weight excluding hydrogens is 246 g/mol. The summed E-state index contributed by atoms with van der Waals surface area (Å²) in [5.74, 6) is 1.17. The number of hydrogen-bond acceptors (Lipinski definition) is 3. The summed E-state index contributed by atoms with van der Waals surface area (Å²) in [6.45, 7) is 2.23. The van der Waals surface area contributed by atoms with Crippen LogP contribution in [0, 0.1) is 0 Å². The van der Waals surface area contributed by atoms with E-state index in [1.54, 1.807) is 0 Å². The van der Waals surface area contributed by atoms with Gasteiger partial charge in [-0.05, 0) is 24.3 Å². The summed E-state index contributed by atoms with van der Waals surface area (Å²) in [7, 11) is 0. The average Bonchev–Trinajstić information content (AvgIpc) is 2.37. The Hall–Kier alpha value is -0.670. The van der Waals surface area contributed by atoms with Crippen molar-refractivity contribution in [3.8, 4) is 0 Å². The van der Waals surface area contributed by atoms with Gasteiger partial charge in [0, 0.05) is 21.4 Å². The van der Waals surface area contributed by atoms with Gasteiger partial charge in [-0.1, -0.05) is 31.9 Å². The second-order valence-corrected chi connectivity index (χ2v) is 5.63. The third-order valence-corrected chi connectivity index (χ3v) is 4.46. The molecule has 0 bridgehead atoms. The van der Waals surface area contributed by atoms with E-state index < -0.39 is 0 Å². The van der Waals surface area contributed by atoms with Crippen molar-refractivity contribution in [1.29, 1.82) is 0 Å². The van der Waals surface area contributed by atoms with E-state index in [-0.39, 0.29) is 0 Å². The SMILES string of the molecule is CCCCCSc1ccc2cccnc2c1S. The molecule has 0 spiro atoms. The Labute approximate surface area is 112 Å². The molecule has 0 aliphatic carbocycles. The maximum atomic E-state index is 4.61. The van der Waals surface area contributed by atoms with Gasteiger partial charge < -0.3 is 0 Å². The zero-order chi connectivity index (χ0) is 12.1. The maximum Gasteiger partial charge on any atom is 0.0846 e. The first-order valence-corrected chi connectivity index (χ1v) is 7.45. The van der Waals surface area contributed by atoms with Crippen LogP contribution in [0.5, 0.6) is 0 Å². The number of pyridine rings is 1. The van der Waals surface area contributed by atoms with Crippen LogP contribution in [-0.4, -0.2) is 10.7 Å². The number of hydrogen-bond donors (Lipinski definition) is 1. The molecule has 1 aromatic heterocycles. The summed E-state index contributed by atoms with van der Waals surface area (Å²) in [6.07, 6.45) is 5.68. The first-order chi connectivity index (χ1) is 8.33. The Morgan fingerprint density at radius 2 is 2.12 bits per heavy atom. The minimum Gasteiger partial charge on any atom is -0.255 e. The van der Waals surface area contributed by atoms with Crippen molar-refractivity contribution >= 4 is 35.3 Å². The molecule has 1 aromatic carbocycles. The second-order valence-electron chi connectivity index (χ2n) is 4.04. The Morgan fingerprint density at radius 1 is 1.24 bits per heavy atom. The fraction of sp³-hybridized carbons (Fsp3) is 0.357. The summed E-state index contributed by atoms with van der Waals surface area (Å²) in [5, 5.41) is 1.16. The van der Waals surface area contributed by atoms with Gasteiger partial charge in [0.25, 0.3) is 0 Å². The smallest absolute Gasteiger partial charge is 0.0846 e. The zero-order valence-corrected chi connectivity index (χ0v) is 11.7. The fourth-order valence-electron chi connectivity index (χ4n) is 1.76. The van der Waals surface area contributed by atoms with E-state index in [1.165, 1.54) is 29.9 Å². The largest absolute Gasteiger partial charge is 0.255 e. The van der Waals surface area contributed by atoms with Crippen molar-refractivity contribution in [2.24, 2.45) is 0 Å². The van der Waals surface area contributed by atoms with E-state index in [9.17, 15) is 0 Å². The molecule has 0 N–H and O–H groups in total. The van der Waals surface area contributed by atoms with E-state index in [0.29, 0.717) is 0 Å². The highest BCUT2D eigenvalue weighted by atomic mass is 32.2. The van der Waals surface area contributed by atoms with Gasteiger partial charge in [0.15, 0.2) is 0 Å². The Kier molecular flexibility index (Phi) is 4.75. The molecule has 3 heteroatoms. The van der Waals surface area contributed by atoms with E-state index >= 15 is 0 Å². The van der Waals surface area contributed by atoms with Gasteiger partial charge in [0.1, 0.15) is 0 Å². The molecule has 0 unspecified atom stereocenters. The molecule has 0 fully saturated rings. The van der Waals surface area contributed by atoms with Crippen LogP contribution in [0.2, 0.25) is 0 Å². The van der Waals surface area contributed by atoms with Gasteiger partial charge in [-0.15, -0.1) is 24.4 Å². The minimum absolute atomic E-state index is 1.01. The molecule has 2 aromatic rings. The molecule has 90 valence electrons. The second kappa shape index (κ2) is 6.31. The van der Waals surface area contributed by atoms with Crippen LogP contribution < -0.4 is 0 Å². The molecule has 0 aliphatic rings. The lowest BCUT2D eigenvalue weighted by Crippen LogP contribution is -1.85. The quantitative estimate of drug-likeness (QED) is 0.472. The highest BCUT2D eigenvalue weighted by Crippen LogP contribution is 2.31. The van der Waals surface area contributed by atoms with E-state index in [2.05, 4.69) is 42.7 Å². The van der Waals surface area contributed by atoms with Gasteiger partial charge in [0.05, 0.1) is 5.52 Å². The topological polar surface area (TPSA) is 12.9 Å². The van der Waals surface area contributed by atoms with Crippen LogP contribution in [0.1, 0.15) is 26.2 Å². The van der Waals surface area contributed by atoms with Crippen molar-refractivity contribution in [1.82, 2.24) is 4.98 Å². The fourth-order valence-corrected chi connectivity index (χ4v) is 3.18. The van der Waals surface area contributed by atoms with Gasteiger partial charge in [0.2, 0.25) is 0 Å². The maximum absolute atomic E-state index is 4.61. The van der Waals surface area contributed by atoms with E-state index in [4.69, 9.17) is 0 Å². The number of aromatic nitrogens is 1. The van der Waals surface area contributed by atoms with Crippen molar-refractivity contribution < 1.29 is 0 Å². The first kappa shape index (κ1) is 12.8. The number of unbranched alkanes of at least 4 members (excludes halogenated alkanes) is 2. The van der Waals surface area contributed by atoms with Gasteiger partial charge in [-0.25, -0.2) is 0 Å². The van der Waals surface area contributed by atoms with Gasteiger partial charge in [-0.3, -0.25) is 4.98 Å². The Balaban J connectivity index is 2.15. The molecule has 17 heavy (non-hydrogen) atoms. The van der Waals surface area contributed by atoms with Crippen LogP contribution in [-0.2, 0) is 0 Å². The molecule has 0 radical (unpaired) electrons. The van der Waals surface area contributed by atoms with Gasteiger partial charge >= 0.3 is 0 Å². The minimum atomic E-state index is 1.01. The summed E-state index contributed by atoms with van der Waals surface area (Å²) in [6, 6.07) is 8.32. The molecule has 0 saturated heterocycles. The standard InChI is InChI=1S/C14H17NS2/c1-2-3-4-10-17-12-8-7-11-6-5-9-15-13(11)14(12)16/h5-9,16H,2-4,10H2,1H3. The normalized spacial score (nSPS) is 10.9. The van der Waals surface area contributed by atoms with E-state index in [1.807, 2.05) is 24.0 Å². The molecular formula is C14H17NS2. The lowest BCUT2D eigenvalue weighted by molar-refractivity contribution is 0.778. The number of benzene rings is 1. The predicted molar refractivity (Wildman–Crippen MR) is 79.2 cm³/mol. The summed E-state index contributed by atoms with van der Waals surface area (Å²) in [4.78, 5) is 6.66. The number of nitrogens with zero attached hydrogens (tertiary/aromatic N) is 1. The first-order valence-electron chi connectivity index (χ1n) is 6.02. The third kappa shape index (κ3) is 3.17. The summed E-state index contributed by atoms with van der Waals surface area (Å²) in [5.41, 5.74) is 1.01. The molecule has 0 aliphatic heterocycles. The van der Waals surface area contributed by atoms with Crippen LogP contribution >= 0.6 is 24.4 Å². The predicted octanol–water partition coefficient (Wildman–Crippen LogP) is 4.81. The number of thioether (sulfide) groups is 1. The van der Waals surface area contributed by atoms with Crippen molar-refractivity contribution in [3.63, 3.8) is 0 Å².